The standard InChI is InChI=1S/C28H36F2N6O3/c1-3-6-24(37)34-25(17-7-5-8-17)19-13-23-33-21(16-36(23)31-14-19)26(18-9-11-28(29,30)12-10-18)35-27(38)20-15-32-39-22(20)4-2/h13-18,25-26H,3-12H2,1-2H3,(H,34,37)(H,35,38)/t25-,26+/m1/s1. The lowest BCUT2D eigenvalue weighted by molar-refractivity contribution is -0.122. The van der Waals surface area contributed by atoms with Crippen LogP contribution >= 0.6 is 0 Å². The van der Waals surface area contributed by atoms with Crippen LogP contribution in [0.25, 0.3) is 5.65 Å². The highest BCUT2D eigenvalue weighted by atomic mass is 19.3. The van der Waals surface area contributed by atoms with Crippen molar-refractivity contribution in [2.75, 3.05) is 0 Å². The summed E-state index contributed by atoms with van der Waals surface area (Å²) in [6, 6.07) is 1.21. The Balaban J connectivity index is 1.44. The van der Waals surface area contributed by atoms with E-state index < -0.39 is 12.0 Å². The van der Waals surface area contributed by atoms with Gasteiger partial charge in [-0.1, -0.05) is 25.4 Å². The van der Waals surface area contributed by atoms with Gasteiger partial charge in [0.15, 0.2) is 5.65 Å². The van der Waals surface area contributed by atoms with Gasteiger partial charge in [0.1, 0.15) is 11.3 Å². The molecule has 2 fully saturated rings. The Bertz CT molecular complexity index is 1310. The summed E-state index contributed by atoms with van der Waals surface area (Å²) in [6.07, 6.45) is 9.95. The number of nitrogens with one attached hydrogen (secondary N) is 2. The largest absolute Gasteiger partial charge is 0.361 e. The van der Waals surface area contributed by atoms with Crippen molar-refractivity contribution in [3.63, 3.8) is 0 Å². The lowest BCUT2D eigenvalue weighted by Gasteiger charge is -2.34. The van der Waals surface area contributed by atoms with Crippen LogP contribution in [-0.4, -0.2) is 37.5 Å². The van der Waals surface area contributed by atoms with Gasteiger partial charge in [0.05, 0.1) is 36.4 Å². The minimum absolute atomic E-state index is 0.0235. The normalized spacial score (nSPS) is 19.4. The number of carbonyl (C=O) groups is 2. The molecule has 0 aromatic carbocycles. The fourth-order valence-corrected chi connectivity index (χ4v) is 5.70. The third kappa shape index (κ3) is 5.96. The zero-order chi connectivity index (χ0) is 27.6. The van der Waals surface area contributed by atoms with E-state index in [0.29, 0.717) is 41.4 Å². The zero-order valence-electron chi connectivity index (χ0n) is 22.5. The van der Waals surface area contributed by atoms with Gasteiger partial charge in [-0.05, 0) is 55.6 Å². The number of aromatic nitrogens is 4. The molecular weight excluding hydrogens is 506 g/mol. The lowest BCUT2D eigenvalue weighted by Crippen LogP contribution is -2.37. The molecule has 9 nitrogen and oxygen atoms in total. The van der Waals surface area contributed by atoms with Gasteiger partial charge in [-0.25, -0.2) is 18.3 Å². The Labute approximate surface area is 226 Å². The molecule has 0 radical (unpaired) electrons. The van der Waals surface area contributed by atoms with Crippen LogP contribution in [0.4, 0.5) is 8.78 Å². The summed E-state index contributed by atoms with van der Waals surface area (Å²) in [5, 5.41) is 14.5. The molecular formula is C28H36F2N6O3. The Morgan fingerprint density at radius 3 is 2.51 bits per heavy atom. The number of imidazole rings is 1. The summed E-state index contributed by atoms with van der Waals surface area (Å²) in [6.45, 7) is 3.84. The topological polar surface area (TPSA) is 114 Å². The lowest BCUT2D eigenvalue weighted by atomic mass is 9.77. The van der Waals surface area contributed by atoms with E-state index in [0.717, 1.165) is 31.2 Å². The third-order valence-electron chi connectivity index (χ3n) is 8.18. The molecule has 5 rings (SSSR count). The van der Waals surface area contributed by atoms with Crippen LogP contribution < -0.4 is 10.6 Å². The van der Waals surface area contributed by atoms with Gasteiger partial charge in [-0.15, -0.1) is 0 Å². The maximum Gasteiger partial charge on any atom is 0.257 e. The van der Waals surface area contributed by atoms with Gasteiger partial charge in [-0.2, -0.15) is 5.10 Å². The second kappa shape index (κ2) is 11.4. The number of carbonyl (C=O) groups excluding carboxylic acids is 2. The third-order valence-corrected chi connectivity index (χ3v) is 8.18. The highest BCUT2D eigenvalue weighted by Crippen LogP contribution is 2.42. The summed E-state index contributed by atoms with van der Waals surface area (Å²) >= 11 is 0. The molecule has 2 amide bonds. The molecule has 2 aliphatic rings. The van der Waals surface area contributed by atoms with Crippen molar-refractivity contribution in [3.8, 4) is 0 Å². The van der Waals surface area contributed by atoms with Crippen LogP contribution in [-0.2, 0) is 11.2 Å². The van der Waals surface area contributed by atoms with Crippen LogP contribution in [0.15, 0.2) is 29.2 Å². The average Bonchev–Trinajstić information content (AvgIpc) is 3.52. The summed E-state index contributed by atoms with van der Waals surface area (Å²) in [7, 11) is 0. The van der Waals surface area contributed by atoms with Crippen LogP contribution in [0.2, 0.25) is 0 Å². The van der Waals surface area contributed by atoms with Gasteiger partial charge in [0.2, 0.25) is 11.8 Å². The maximum atomic E-state index is 14.0. The number of alkyl halides is 2. The number of fused-ring (bicyclic) bond motifs is 1. The zero-order valence-corrected chi connectivity index (χ0v) is 22.5. The van der Waals surface area contributed by atoms with Crippen molar-refractivity contribution in [1.82, 2.24) is 30.4 Å². The molecule has 0 saturated heterocycles. The van der Waals surface area contributed by atoms with E-state index >= 15 is 0 Å². The quantitative estimate of drug-likeness (QED) is 0.358. The smallest absolute Gasteiger partial charge is 0.257 e. The molecule has 210 valence electrons. The molecule has 3 heterocycles. The number of halogens is 2. The van der Waals surface area contributed by atoms with Gasteiger partial charge in [0.25, 0.3) is 5.91 Å². The first-order chi connectivity index (χ1) is 18.8. The van der Waals surface area contributed by atoms with Gasteiger partial charge >= 0.3 is 0 Å². The Morgan fingerprint density at radius 1 is 1.10 bits per heavy atom. The SMILES string of the molecule is CCCC(=O)N[C@@H](c1cnn2cc([C@@H](NC(=O)c3cnoc3CC)C3CCC(F)(F)CC3)nc2c1)C1CCC1. The van der Waals surface area contributed by atoms with Crippen molar-refractivity contribution in [2.24, 2.45) is 11.8 Å². The van der Waals surface area contributed by atoms with E-state index in [9.17, 15) is 18.4 Å². The highest BCUT2D eigenvalue weighted by molar-refractivity contribution is 5.95. The van der Waals surface area contributed by atoms with E-state index in [4.69, 9.17) is 9.51 Å². The summed E-state index contributed by atoms with van der Waals surface area (Å²) in [4.78, 5) is 30.5. The number of aryl methyl sites for hydroxylation is 1. The number of nitrogens with zero attached hydrogens (tertiary/aromatic N) is 4. The van der Waals surface area contributed by atoms with E-state index in [1.807, 2.05) is 19.9 Å². The molecule has 0 aliphatic heterocycles. The second-order valence-corrected chi connectivity index (χ2v) is 10.9. The maximum absolute atomic E-state index is 14.0. The molecule has 3 aromatic rings. The minimum atomic E-state index is -2.69. The van der Waals surface area contributed by atoms with E-state index in [1.54, 1.807) is 16.9 Å². The molecule has 3 aromatic heterocycles. The molecule has 11 heteroatoms. The first-order valence-corrected chi connectivity index (χ1v) is 14.0. The molecule has 0 unspecified atom stereocenters. The molecule has 0 spiro atoms. The van der Waals surface area contributed by atoms with Gasteiger partial charge in [-0.3, -0.25) is 9.59 Å². The monoisotopic (exact) mass is 542 g/mol. The molecule has 2 aliphatic carbocycles. The van der Waals surface area contributed by atoms with Crippen LogP contribution in [0, 0.1) is 11.8 Å². The Hall–Kier alpha value is -3.37. The predicted molar refractivity (Wildman–Crippen MR) is 139 cm³/mol. The first kappa shape index (κ1) is 27.2. The van der Waals surface area contributed by atoms with Gasteiger partial charge < -0.3 is 15.2 Å². The minimum Gasteiger partial charge on any atom is -0.361 e. The van der Waals surface area contributed by atoms with E-state index in [-0.39, 0.29) is 49.5 Å². The van der Waals surface area contributed by atoms with Gasteiger partial charge in [0, 0.05) is 25.7 Å². The second-order valence-electron chi connectivity index (χ2n) is 10.9. The van der Waals surface area contributed by atoms with Crippen molar-refractivity contribution in [2.45, 2.75) is 96.1 Å². The van der Waals surface area contributed by atoms with Crippen LogP contribution in [0.1, 0.15) is 111 Å². The average molecular weight is 543 g/mol. The van der Waals surface area contributed by atoms with Crippen LogP contribution in [0.3, 0.4) is 0 Å². The van der Waals surface area contributed by atoms with Crippen LogP contribution in [0.5, 0.6) is 0 Å². The molecule has 2 saturated carbocycles. The summed E-state index contributed by atoms with van der Waals surface area (Å²) in [5.74, 6) is -2.42. The van der Waals surface area contributed by atoms with E-state index in [2.05, 4.69) is 20.9 Å². The molecule has 2 atom stereocenters. The molecule has 2 N–H and O–H groups in total. The molecule has 39 heavy (non-hydrogen) atoms. The number of amides is 2. The number of rotatable bonds is 10. The van der Waals surface area contributed by atoms with Crippen molar-refractivity contribution in [3.05, 3.63) is 47.2 Å². The van der Waals surface area contributed by atoms with E-state index in [1.165, 1.54) is 6.20 Å². The van der Waals surface area contributed by atoms with Crippen molar-refractivity contribution < 1.29 is 22.9 Å². The molecule has 0 bridgehead atoms. The summed E-state index contributed by atoms with van der Waals surface area (Å²) < 4.78 is 34.8. The fraction of sp³-hybridized carbons (Fsp3) is 0.607. The number of hydrogen-bond donors (Lipinski definition) is 2. The highest BCUT2D eigenvalue weighted by Gasteiger charge is 2.40. The Morgan fingerprint density at radius 2 is 1.85 bits per heavy atom. The fourth-order valence-electron chi connectivity index (χ4n) is 5.70. The predicted octanol–water partition coefficient (Wildman–Crippen LogP) is 5.33. The van der Waals surface area contributed by atoms with Crippen molar-refractivity contribution >= 4 is 17.5 Å². The Kier molecular flexibility index (Phi) is 7.95. The summed E-state index contributed by atoms with van der Waals surface area (Å²) in [5.41, 5.74) is 2.37. The number of hydrogen-bond acceptors (Lipinski definition) is 6. The first-order valence-electron chi connectivity index (χ1n) is 14.0. The van der Waals surface area contributed by atoms with Crippen molar-refractivity contribution in [1.29, 1.82) is 0 Å².